The standard InChI is InChI=1S/C10H23NOS/c1-10(5-9-13)4-6-11(2)7-8-12-3/h10,13H,4-9H2,1-3H3. The molecule has 0 aliphatic carbocycles. The van der Waals surface area contributed by atoms with Crippen LogP contribution in [0.25, 0.3) is 0 Å². The minimum absolute atomic E-state index is 0.794. The van der Waals surface area contributed by atoms with Crippen LogP contribution < -0.4 is 0 Å². The molecule has 0 aliphatic heterocycles. The molecule has 1 atom stereocenters. The van der Waals surface area contributed by atoms with Gasteiger partial charge >= 0.3 is 0 Å². The summed E-state index contributed by atoms with van der Waals surface area (Å²) >= 11 is 4.23. The van der Waals surface area contributed by atoms with Crippen molar-refractivity contribution >= 4 is 12.6 Å². The van der Waals surface area contributed by atoms with E-state index in [0.29, 0.717) is 0 Å². The first kappa shape index (κ1) is 13.3. The third-order valence-corrected chi connectivity index (χ3v) is 2.56. The van der Waals surface area contributed by atoms with E-state index in [9.17, 15) is 0 Å². The molecular weight excluding hydrogens is 182 g/mol. The molecule has 2 nitrogen and oxygen atoms in total. The summed E-state index contributed by atoms with van der Waals surface area (Å²) in [5.74, 6) is 1.80. The van der Waals surface area contributed by atoms with E-state index in [1.165, 1.54) is 12.8 Å². The fourth-order valence-electron chi connectivity index (χ4n) is 1.16. The van der Waals surface area contributed by atoms with Crippen molar-refractivity contribution in [3.05, 3.63) is 0 Å². The third-order valence-electron chi connectivity index (χ3n) is 2.30. The number of ether oxygens (including phenoxy) is 1. The van der Waals surface area contributed by atoms with E-state index in [0.717, 1.165) is 31.4 Å². The fraction of sp³-hybridized carbons (Fsp3) is 1.00. The molecule has 0 N–H and O–H groups in total. The summed E-state index contributed by atoms with van der Waals surface area (Å²) in [5.41, 5.74) is 0. The Kier molecular flexibility index (Phi) is 9.03. The molecule has 0 spiro atoms. The van der Waals surface area contributed by atoms with E-state index in [1.807, 2.05) is 0 Å². The van der Waals surface area contributed by atoms with Crippen LogP contribution in [0.15, 0.2) is 0 Å². The first-order valence-electron chi connectivity index (χ1n) is 4.99. The smallest absolute Gasteiger partial charge is 0.0589 e. The SMILES string of the molecule is COCCN(C)CCC(C)CCS. The topological polar surface area (TPSA) is 12.5 Å². The molecule has 1 unspecified atom stereocenters. The molecule has 0 saturated carbocycles. The van der Waals surface area contributed by atoms with E-state index in [4.69, 9.17) is 4.74 Å². The number of hydrogen-bond donors (Lipinski definition) is 1. The Morgan fingerprint density at radius 2 is 2.00 bits per heavy atom. The highest BCUT2D eigenvalue weighted by atomic mass is 32.1. The Morgan fingerprint density at radius 1 is 1.31 bits per heavy atom. The van der Waals surface area contributed by atoms with Crippen LogP contribution in [0.4, 0.5) is 0 Å². The molecule has 0 heterocycles. The number of methoxy groups -OCH3 is 1. The summed E-state index contributed by atoms with van der Waals surface area (Å²) in [6, 6.07) is 0. The summed E-state index contributed by atoms with van der Waals surface area (Å²) < 4.78 is 5.01. The fourth-order valence-corrected chi connectivity index (χ4v) is 1.61. The van der Waals surface area contributed by atoms with Crippen LogP contribution in [0.3, 0.4) is 0 Å². The van der Waals surface area contributed by atoms with Crippen LogP contribution in [0.5, 0.6) is 0 Å². The maximum absolute atomic E-state index is 5.01. The van der Waals surface area contributed by atoms with E-state index in [2.05, 4.69) is 31.5 Å². The average molecular weight is 205 g/mol. The molecule has 0 bridgehead atoms. The molecule has 0 radical (unpaired) electrons. The van der Waals surface area contributed by atoms with Gasteiger partial charge in [-0.1, -0.05) is 6.92 Å². The van der Waals surface area contributed by atoms with Gasteiger partial charge in [-0.25, -0.2) is 0 Å². The molecule has 0 amide bonds. The van der Waals surface area contributed by atoms with Gasteiger partial charge in [0.2, 0.25) is 0 Å². The first-order valence-corrected chi connectivity index (χ1v) is 5.62. The van der Waals surface area contributed by atoms with Gasteiger partial charge in [0.05, 0.1) is 6.61 Å². The molecule has 0 rings (SSSR count). The van der Waals surface area contributed by atoms with Crippen molar-refractivity contribution in [2.75, 3.05) is 39.6 Å². The summed E-state index contributed by atoms with van der Waals surface area (Å²) in [5, 5.41) is 0. The van der Waals surface area contributed by atoms with Gasteiger partial charge in [0.15, 0.2) is 0 Å². The maximum atomic E-state index is 5.01. The van der Waals surface area contributed by atoms with Gasteiger partial charge in [-0.2, -0.15) is 12.6 Å². The molecule has 0 aliphatic rings. The highest BCUT2D eigenvalue weighted by Crippen LogP contribution is 2.08. The third kappa shape index (κ3) is 8.60. The number of thiol groups is 1. The van der Waals surface area contributed by atoms with Gasteiger partial charge in [-0.3, -0.25) is 0 Å². The maximum Gasteiger partial charge on any atom is 0.0589 e. The van der Waals surface area contributed by atoms with Gasteiger partial charge in [0.25, 0.3) is 0 Å². The van der Waals surface area contributed by atoms with E-state index in [-0.39, 0.29) is 0 Å². The van der Waals surface area contributed by atoms with E-state index < -0.39 is 0 Å². The van der Waals surface area contributed by atoms with Crippen LogP contribution in [-0.4, -0.2) is 44.5 Å². The summed E-state index contributed by atoms with van der Waals surface area (Å²) in [6.07, 6.45) is 2.49. The molecule has 0 aromatic carbocycles. The van der Waals surface area contributed by atoms with Gasteiger partial charge < -0.3 is 9.64 Å². The lowest BCUT2D eigenvalue weighted by atomic mass is 10.1. The second-order valence-electron chi connectivity index (χ2n) is 3.70. The Morgan fingerprint density at radius 3 is 2.54 bits per heavy atom. The number of hydrogen-bond acceptors (Lipinski definition) is 3. The Bertz CT molecular complexity index is 111. The van der Waals surface area contributed by atoms with Crippen LogP contribution in [0.2, 0.25) is 0 Å². The molecule has 3 heteroatoms. The second kappa shape index (κ2) is 8.85. The number of rotatable bonds is 8. The molecule has 13 heavy (non-hydrogen) atoms. The monoisotopic (exact) mass is 205 g/mol. The molecule has 80 valence electrons. The highest BCUT2D eigenvalue weighted by molar-refractivity contribution is 7.80. The predicted octanol–water partition coefficient (Wildman–Crippen LogP) is 1.91. The first-order chi connectivity index (χ1) is 6.20. The van der Waals surface area contributed by atoms with Gasteiger partial charge in [0.1, 0.15) is 0 Å². The van der Waals surface area contributed by atoms with Crippen molar-refractivity contribution < 1.29 is 4.74 Å². The van der Waals surface area contributed by atoms with E-state index in [1.54, 1.807) is 7.11 Å². The number of likely N-dealkylation sites (N-methyl/N-ethyl adjacent to an activating group) is 1. The largest absolute Gasteiger partial charge is 0.383 e. The zero-order chi connectivity index (χ0) is 10.1. The van der Waals surface area contributed by atoms with E-state index >= 15 is 0 Å². The molecule has 0 fully saturated rings. The van der Waals surface area contributed by atoms with Gasteiger partial charge in [-0.05, 0) is 38.1 Å². The van der Waals surface area contributed by atoms with Crippen molar-refractivity contribution in [1.82, 2.24) is 4.90 Å². The summed E-state index contributed by atoms with van der Waals surface area (Å²) in [6.45, 7) is 5.32. The van der Waals surface area contributed by atoms with Crippen molar-refractivity contribution in [2.24, 2.45) is 5.92 Å². The van der Waals surface area contributed by atoms with Crippen molar-refractivity contribution in [2.45, 2.75) is 19.8 Å². The minimum atomic E-state index is 0.794. The lowest BCUT2D eigenvalue weighted by Gasteiger charge is -2.18. The summed E-state index contributed by atoms with van der Waals surface area (Å²) in [7, 11) is 3.89. The second-order valence-corrected chi connectivity index (χ2v) is 4.15. The Labute approximate surface area is 88.1 Å². The molecule has 0 aromatic rings. The average Bonchev–Trinajstić information content (AvgIpc) is 2.12. The minimum Gasteiger partial charge on any atom is -0.383 e. The van der Waals surface area contributed by atoms with Crippen LogP contribution in [0, 0.1) is 5.92 Å². The summed E-state index contributed by atoms with van der Waals surface area (Å²) in [4.78, 5) is 2.32. The van der Waals surface area contributed by atoms with Gasteiger partial charge in [0, 0.05) is 13.7 Å². The molecular formula is C10H23NOS. The van der Waals surface area contributed by atoms with Crippen LogP contribution in [-0.2, 0) is 4.74 Å². The lowest BCUT2D eigenvalue weighted by Crippen LogP contribution is -2.25. The van der Waals surface area contributed by atoms with Crippen LogP contribution in [0.1, 0.15) is 19.8 Å². The predicted molar refractivity (Wildman–Crippen MR) is 61.6 cm³/mol. The van der Waals surface area contributed by atoms with Crippen LogP contribution >= 0.6 is 12.6 Å². The van der Waals surface area contributed by atoms with Gasteiger partial charge in [-0.15, -0.1) is 0 Å². The number of nitrogens with zero attached hydrogens (tertiary/aromatic N) is 1. The Hall–Kier alpha value is 0.270. The van der Waals surface area contributed by atoms with Crippen molar-refractivity contribution in [1.29, 1.82) is 0 Å². The lowest BCUT2D eigenvalue weighted by molar-refractivity contribution is 0.158. The normalized spacial score (nSPS) is 13.6. The molecule has 0 saturated heterocycles. The Balaban J connectivity index is 3.29. The van der Waals surface area contributed by atoms with Crippen molar-refractivity contribution in [3.8, 4) is 0 Å². The molecule has 0 aromatic heterocycles. The quantitative estimate of drug-likeness (QED) is 0.608. The van der Waals surface area contributed by atoms with Crippen molar-refractivity contribution in [3.63, 3.8) is 0 Å². The zero-order valence-corrected chi connectivity index (χ0v) is 10.0. The highest BCUT2D eigenvalue weighted by Gasteiger charge is 2.03. The zero-order valence-electron chi connectivity index (χ0n) is 9.12.